The highest BCUT2D eigenvalue weighted by Crippen LogP contribution is 2.38. The maximum Gasteiger partial charge on any atom is 0.310 e. The first-order valence-electron chi connectivity index (χ1n) is 14.4. The zero-order valence-corrected chi connectivity index (χ0v) is 25.2. The van der Waals surface area contributed by atoms with Crippen molar-refractivity contribution in [3.8, 4) is 0 Å². The second-order valence-electron chi connectivity index (χ2n) is 10.9. The van der Waals surface area contributed by atoms with Crippen LogP contribution < -0.4 is 4.89 Å². The first kappa shape index (κ1) is 36.2. The Morgan fingerprint density at radius 3 is 1.84 bits per heavy atom. The van der Waals surface area contributed by atoms with Crippen LogP contribution in [0, 0.1) is 0 Å². The molecule has 0 aliphatic rings. The fraction of sp³-hybridized carbons (Fsp3) is 0.893. The molecule has 0 radical (unpaired) electrons. The number of carbonyl (C=O) groups excluding carboxylic acids is 1. The SMILES string of the molecule is C=CCC(=O)O[C@H](COCCCCCCCCCCCCCCCC)COP(=O)([O-])OCC[N+](C)(C)C. The number of rotatable bonds is 27. The molecule has 0 saturated heterocycles. The first-order valence-corrected chi connectivity index (χ1v) is 15.8. The largest absolute Gasteiger partial charge is 0.756 e. The van der Waals surface area contributed by atoms with Crippen molar-refractivity contribution in [3.05, 3.63) is 12.7 Å². The average molecular weight is 550 g/mol. The fourth-order valence-electron chi connectivity index (χ4n) is 3.72. The highest BCUT2D eigenvalue weighted by molar-refractivity contribution is 7.45. The van der Waals surface area contributed by atoms with Crippen molar-refractivity contribution in [3.63, 3.8) is 0 Å². The van der Waals surface area contributed by atoms with Crippen molar-refractivity contribution in [1.82, 2.24) is 0 Å². The van der Waals surface area contributed by atoms with Crippen molar-refractivity contribution < 1.29 is 37.3 Å². The number of likely N-dealkylation sites (N-methyl/N-ethyl adjacent to an activating group) is 1. The van der Waals surface area contributed by atoms with E-state index in [4.69, 9.17) is 18.5 Å². The second-order valence-corrected chi connectivity index (χ2v) is 12.3. The molecule has 0 aromatic carbocycles. The van der Waals surface area contributed by atoms with Crippen LogP contribution in [-0.2, 0) is 27.9 Å². The smallest absolute Gasteiger partial charge is 0.310 e. The minimum absolute atomic E-state index is 0.0147. The van der Waals surface area contributed by atoms with E-state index in [0.717, 1.165) is 12.8 Å². The fourth-order valence-corrected chi connectivity index (χ4v) is 4.45. The lowest BCUT2D eigenvalue weighted by Crippen LogP contribution is -2.37. The van der Waals surface area contributed by atoms with Crippen LogP contribution in [0.25, 0.3) is 0 Å². The first-order chi connectivity index (χ1) is 17.6. The molecule has 2 atom stereocenters. The molecule has 8 nitrogen and oxygen atoms in total. The molecule has 0 heterocycles. The van der Waals surface area contributed by atoms with E-state index >= 15 is 0 Å². The van der Waals surface area contributed by atoms with E-state index in [9.17, 15) is 14.3 Å². The Kier molecular flexibility index (Phi) is 22.7. The summed E-state index contributed by atoms with van der Waals surface area (Å²) in [7, 11) is 1.31. The van der Waals surface area contributed by atoms with Crippen LogP contribution in [0.1, 0.15) is 103 Å². The number of esters is 1. The molecule has 0 aliphatic carbocycles. The topological polar surface area (TPSA) is 94.1 Å². The van der Waals surface area contributed by atoms with Gasteiger partial charge in [0.15, 0.2) is 0 Å². The molecule has 0 aromatic rings. The highest BCUT2D eigenvalue weighted by Gasteiger charge is 2.20. The van der Waals surface area contributed by atoms with Gasteiger partial charge in [-0.25, -0.2) is 0 Å². The van der Waals surface area contributed by atoms with Gasteiger partial charge in [-0.05, 0) is 6.42 Å². The van der Waals surface area contributed by atoms with E-state index < -0.39 is 19.9 Å². The Balaban J connectivity index is 3.97. The maximum absolute atomic E-state index is 12.0. The predicted molar refractivity (Wildman–Crippen MR) is 148 cm³/mol. The highest BCUT2D eigenvalue weighted by atomic mass is 31.2. The molecule has 0 fully saturated rings. The lowest BCUT2D eigenvalue weighted by molar-refractivity contribution is -0.870. The van der Waals surface area contributed by atoms with E-state index in [0.29, 0.717) is 17.6 Å². The van der Waals surface area contributed by atoms with Gasteiger partial charge in [0.2, 0.25) is 0 Å². The van der Waals surface area contributed by atoms with Crippen LogP contribution in [0.5, 0.6) is 0 Å². The third-order valence-electron chi connectivity index (χ3n) is 5.99. The zero-order chi connectivity index (χ0) is 27.8. The number of phosphoric ester groups is 1. The summed E-state index contributed by atoms with van der Waals surface area (Å²) in [5, 5.41) is 0. The molecule has 0 spiro atoms. The third-order valence-corrected chi connectivity index (χ3v) is 6.95. The molecule has 0 aliphatic heterocycles. The molecule has 0 aromatic heterocycles. The maximum atomic E-state index is 12.0. The van der Waals surface area contributed by atoms with Crippen molar-refractivity contribution in [2.75, 3.05) is 54.1 Å². The summed E-state index contributed by atoms with van der Waals surface area (Å²) in [4.78, 5) is 23.9. The molecule has 220 valence electrons. The van der Waals surface area contributed by atoms with Gasteiger partial charge >= 0.3 is 5.97 Å². The summed E-state index contributed by atoms with van der Waals surface area (Å²) in [6.45, 7) is 6.56. The molecule has 0 bridgehead atoms. The zero-order valence-electron chi connectivity index (χ0n) is 24.3. The monoisotopic (exact) mass is 549 g/mol. The molecule has 37 heavy (non-hydrogen) atoms. The Bertz CT molecular complexity index is 610. The van der Waals surface area contributed by atoms with E-state index in [-0.39, 0.29) is 26.2 Å². The van der Waals surface area contributed by atoms with Crippen LogP contribution in [0.3, 0.4) is 0 Å². The van der Waals surface area contributed by atoms with Gasteiger partial charge < -0.3 is 27.9 Å². The van der Waals surface area contributed by atoms with Crippen LogP contribution in [0.15, 0.2) is 12.7 Å². The number of ether oxygens (including phenoxy) is 2. The van der Waals surface area contributed by atoms with E-state index in [1.165, 1.54) is 83.1 Å². The van der Waals surface area contributed by atoms with Crippen LogP contribution >= 0.6 is 7.82 Å². The molecular formula is C28H56NO7P. The number of hydrogen-bond donors (Lipinski definition) is 0. The number of unbranched alkanes of at least 4 members (excludes halogenated alkanes) is 13. The van der Waals surface area contributed by atoms with Gasteiger partial charge in [-0.15, -0.1) is 6.58 Å². The van der Waals surface area contributed by atoms with Crippen LogP contribution in [0.4, 0.5) is 0 Å². The molecule has 1 unspecified atom stereocenters. The molecule has 0 amide bonds. The average Bonchev–Trinajstić information content (AvgIpc) is 2.81. The molecule has 0 N–H and O–H groups in total. The number of hydrogen-bond acceptors (Lipinski definition) is 7. The van der Waals surface area contributed by atoms with Crippen molar-refractivity contribution in [1.29, 1.82) is 0 Å². The van der Waals surface area contributed by atoms with E-state index in [2.05, 4.69) is 13.5 Å². The third kappa shape index (κ3) is 26.6. The summed E-state index contributed by atoms with van der Waals surface area (Å²) < 4.78 is 33.4. The number of phosphoric acid groups is 1. The van der Waals surface area contributed by atoms with E-state index in [1.54, 1.807) is 0 Å². The normalized spacial score (nSPS) is 14.3. The standard InChI is InChI=1S/C28H56NO7P/c1-6-8-9-10-11-12-13-14-15-16-17-18-19-20-23-33-25-27(36-28(30)21-7-2)26-35-37(31,32)34-24-22-29(3,4)5/h7,27H,2,6,8-26H2,1,3-5H3/t27-/m1/s1. The Morgan fingerprint density at radius 2 is 1.35 bits per heavy atom. The molecule has 0 rings (SSSR count). The lowest BCUT2D eigenvalue weighted by Gasteiger charge is -2.28. The van der Waals surface area contributed by atoms with Crippen molar-refractivity contribution in [2.24, 2.45) is 0 Å². The van der Waals surface area contributed by atoms with Crippen molar-refractivity contribution >= 4 is 13.8 Å². The van der Waals surface area contributed by atoms with Gasteiger partial charge in [0.25, 0.3) is 7.82 Å². The number of carbonyl (C=O) groups is 1. The van der Waals surface area contributed by atoms with Gasteiger partial charge in [-0.2, -0.15) is 0 Å². The van der Waals surface area contributed by atoms with E-state index in [1.807, 2.05) is 21.1 Å². The summed E-state index contributed by atoms with van der Waals surface area (Å²) in [5.41, 5.74) is 0. The number of quaternary nitrogens is 1. The van der Waals surface area contributed by atoms with Gasteiger partial charge in [-0.3, -0.25) is 9.36 Å². The summed E-state index contributed by atoms with van der Waals surface area (Å²) >= 11 is 0. The molecule has 9 heteroatoms. The van der Waals surface area contributed by atoms with Gasteiger partial charge in [0.05, 0.1) is 40.8 Å². The van der Waals surface area contributed by atoms with Gasteiger partial charge in [0.1, 0.15) is 19.3 Å². The molecule has 0 saturated carbocycles. The number of nitrogens with zero attached hydrogens (tertiary/aromatic N) is 1. The summed E-state index contributed by atoms with van der Waals surface area (Å²) in [5.74, 6) is -0.504. The van der Waals surface area contributed by atoms with Gasteiger partial charge in [-0.1, -0.05) is 96.5 Å². The predicted octanol–water partition coefficient (Wildman–Crippen LogP) is 6.18. The van der Waals surface area contributed by atoms with Crippen molar-refractivity contribution in [2.45, 2.75) is 109 Å². The minimum atomic E-state index is -4.49. The Labute approximate surface area is 227 Å². The lowest BCUT2D eigenvalue weighted by atomic mass is 10.0. The Hall–Kier alpha value is -0.760. The van der Waals surface area contributed by atoms with Crippen LogP contribution in [-0.4, -0.2) is 70.7 Å². The Morgan fingerprint density at radius 1 is 0.838 bits per heavy atom. The van der Waals surface area contributed by atoms with Crippen LogP contribution in [0.2, 0.25) is 0 Å². The second kappa shape index (κ2) is 23.2. The molecular weight excluding hydrogens is 493 g/mol. The van der Waals surface area contributed by atoms with Gasteiger partial charge in [0, 0.05) is 6.61 Å². The minimum Gasteiger partial charge on any atom is -0.756 e. The summed E-state index contributed by atoms with van der Waals surface area (Å²) in [6.07, 6.45) is 18.7. The summed E-state index contributed by atoms with van der Waals surface area (Å²) in [6, 6.07) is 0. The quantitative estimate of drug-likeness (QED) is 0.0397.